The number of carbonyl (C=O) groups excluding carboxylic acids is 2. The Morgan fingerprint density at radius 1 is 1.20 bits per heavy atom. The van der Waals surface area contributed by atoms with Crippen LogP contribution in [0.4, 0.5) is 5.69 Å². The van der Waals surface area contributed by atoms with Gasteiger partial charge in [-0.2, -0.15) is 0 Å². The van der Waals surface area contributed by atoms with Crippen molar-refractivity contribution in [3.8, 4) is 5.75 Å². The van der Waals surface area contributed by atoms with Gasteiger partial charge in [0.05, 0.1) is 6.61 Å². The zero-order chi connectivity index (χ0) is 18.4. The molecular weight excluding hydrogens is 316 g/mol. The summed E-state index contributed by atoms with van der Waals surface area (Å²) in [6.45, 7) is 8.79. The van der Waals surface area contributed by atoms with Crippen LogP contribution in [0.15, 0.2) is 24.3 Å². The fraction of sp³-hybridized carbons (Fsp3) is 0.600. The highest BCUT2D eigenvalue weighted by molar-refractivity contribution is 6.09. The maximum atomic E-state index is 13.0. The number of nitrogens with zero attached hydrogens (tertiary/aromatic N) is 1. The molecule has 0 radical (unpaired) electrons. The topological polar surface area (TPSA) is 58.6 Å². The van der Waals surface area contributed by atoms with E-state index in [9.17, 15) is 9.59 Å². The third kappa shape index (κ3) is 4.53. The van der Waals surface area contributed by atoms with E-state index in [1.165, 1.54) is 0 Å². The maximum absolute atomic E-state index is 13.0. The molecule has 0 aliphatic carbocycles. The fourth-order valence-corrected chi connectivity index (χ4v) is 3.24. The van der Waals surface area contributed by atoms with Gasteiger partial charge in [-0.15, -0.1) is 0 Å². The molecule has 0 saturated carbocycles. The Balaban J connectivity index is 2.06. The summed E-state index contributed by atoms with van der Waals surface area (Å²) >= 11 is 0. The van der Waals surface area contributed by atoms with E-state index in [-0.39, 0.29) is 17.9 Å². The molecule has 1 aromatic rings. The van der Waals surface area contributed by atoms with Crippen LogP contribution < -0.4 is 10.1 Å². The molecule has 5 heteroatoms. The highest BCUT2D eigenvalue weighted by Crippen LogP contribution is 2.28. The van der Waals surface area contributed by atoms with Gasteiger partial charge in [-0.05, 0) is 70.7 Å². The lowest BCUT2D eigenvalue weighted by atomic mass is 9.87. The van der Waals surface area contributed by atoms with Crippen LogP contribution in [0.2, 0.25) is 0 Å². The summed E-state index contributed by atoms with van der Waals surface area (Å²) in [5.74, 6) is 0.402. The minimum absolute atomic E-state index is 0.0810. The first kappa shape index (κ1) is 19.3. The van der Waals surface area contributed by atoms with Crippen molar-refractivity contribution in [2.45, 2.75) is 59.4 Å². The second kappa shape index (κ2) is 8.37. The molecule has 1 aliphatic heterocycles. The van der Waals surface area contributed by atoms with Crippen molar-refractivity contribution < 1.29 is 14.3 Å². The lowest BCUT2D eigenvalue weighted by Gasteiger charge is -2.39. The molecule has 2 rings (SSSR count). The molecule has 0 spiro atoms. The number of hydrogen-bond acceptors (Lipinski definition) is 3. The Kier molecular flexibility index (Phi) is 6.45. The van der Waals surface area contributed by atoms with Gasteiger partial charge in [-0.25, -0.2) is 0 Å². The fourth-order valence-electron chi connectivity index (χ4n) is 3.24. The van der Waals surface area contributed by atoms with Crippen molar-refractivity contribution in [2.75, 3.05) is 18.5 Å². The third-order valence-corrected chi connectivity index (χ3v) is 4.88. The first-order chi connectivity index (χ1) is 11.9. The smallest absolute Gasteiger partial charge is 0.239 e. The molecule has 1 aliphatic rings. The second-order valence-corrected chi connectivity index (χ2v) is 7.09. The van der Waals surface area contributed by atoms with Gasteiger partial charge in [0.1, 0.15) is 11.2 Å². The number of ether oxygens (including phenoxy) is 1. The summed E-state index contributed by atoms with van der Waals surface area (Å²) in [6.07, 6.45) is 4.13. The molecule has 1 heterocycles. The summed E-state index contributed by atoms with van der Waals surface area (Å²) in [4.78, 5) is 27.6. The molecular formula is C20H30N2O3. The van der Waals surface area contributed by atoms with E-state index < -0.39 is 5.41 Å². The molecule has 1 fully saturated rings. The van der Waals surface area contributed by atoms with Crippen LogP contribution in [-0.4, -0.2) is 35.9 Å². The lowest BCUT2D eigenvalue weighted by molar-refractivity contribution is -0.149. The van der Waals surface area contributed by atoms with E-state index in [0.29, 0.717) is 12.3 Å². The second-order valence-electron chi connectivity index (χ2n) is 7.09. The summed E-state index contributed by atoms with van der Waals surface area (Å²) < 4.78 is 5.40. The number of carbonyl (C=O) groups is 2. The van der Waals surface area contributed by atoms with Gasteiger partial charge in [0, 0.05) is 18.3 Å². The highest BCUT2D eigenvalue weighted by Gasteiger charge is 2.41. The van der Waals surface area contributed by atoms with Crippen LogP contribution in [0.1, 0.15) is 53.4 Å². The van der Waals surface area contributed by atoms with E-state index in [0.717, 1.165) is 38.0 Å². The largest absolute Gasteiger partial charge is 0.494 e. The summed E-state index contributed by atoms with van der Waals surface area (Å²) in [6, 6.07) is 7.45. The molecule has 1 aromatic carbocycles. The summed E-state index contributed by atoms with van der Waals surface area (Å²) in [5.41, 5.74) is -0.427. The van der Waals surface area contributed by atoms with Crippen LogP contribution in [0, 0.1) is 5.41 Å². The SMILES string of the molecule is CCOc1ccc(NC(=O)C(C)(C)C(=O)N2CCCCC2CC)cc1. The van der Waals surface area contributed by atoms with Gasteiger partial charge in [-0.1, -0.05) is 6.92 Å². The molecule has 1 atom stereocenters. The van der Waals surface area contributed by atoms with Gasteiger partial charge in [-0.3, -0.25) is 9.59 Å². The van der Waals surface area contributed by atoms with Gasteiger partial charge in [0.15, 0.2) is 0 Å². The van der Waals surface area contributed by atoms with Gasteiger partial charge in [0.25, 0.3) is 0 Å². The van der Waals surface area contributed by atoms with E-state index in [2.05, 4.69) is 12.2 Å². The number of amides is 2. The minimum atomic E-state index is -1.09. The minimum Gasteiger partial charge on any atom is -0.494 e. The predicted molar refractivity (Wildman–Crippen MR) is 99.7 cm³/mol. The van der Waals surface area contributed by atoms with Gasteiger partial charge in [0.2, 0.25) is 11.8 Å². The Morgan fingerprint density at radius 2 is 1.88 bits per heavy atom. The van der Waals surface area contributed by atoms with Crippen molar-refractivity contribution in [3.63, 3.8) is 0 Å². The average Bonchev–Trinajstić information content (AvgIpc) is 2.62. The van der Waals surface area contributed by atoms with Crippen LogP contribution in [0.5, 0.6) is 5.75 Å². The zero-order valence-corrected chi connectivity index (χ0v) is 15.8. The van der Waals surface area contributed by atoms with E-state index in [1.54, 1.807) is 26.0 Å². The molecule has 138 valence electrons. The lowest BCUT2D eigenvalue weighted by Crippen LogP contribution is -2.52. The summed E-state index contributed by atoms with van der Waals surface area (Å²) in [5, 5.41) is 2.86. The Morgan fingerprint density at radius 3 is 2.48 bits per heavy atom. The molecule has 1 saturated heterocycles. The van der Waals surface area contributed by atoms with E-state index in [4.69, 9.17) is 4.74 Å². The monoisotopic (exact) mass is 346 g/mol. The van der Waals surface area contributed by atoms with Crippen molar-refractivity contribution in [3.05, 3.63) is 24.3 Å². The molecule has 25 heavy (non-hydrogen) atoms. The number of likely N-dealkylation sites (tertiary alicyclic amines) is 1. The Labute approximate surface area is 150 Å². The quantitative estimate of drug-likeness (QED) is 0.796. The molecule has 1 N–H and O–H groups in total. The average molecular weight is 346 g/mol. The third-order valence-electron chi connectivity index (χ3n) is 4.88. The maximum Gasteiger partial charge on any atom is 0.239 e. The molecule has 2 amide bonds. The zero-order valence-electron chi connectivity index (χ0n) is 15.8. The highest BCUT2D eigenvalue weighted by atomic mass is 16.5. The number of piperidine rings is 1. The Hall–Kier alpha value is -2.04. The Bertz CT molecular complexity index is 595. The molecule has 0 bridgehead atoms. The standard InChI is InChI=1S/C20H30N2O3/c1-5-16-9-7-8-14-22(16)19(24)20(3,4)18(23)21-15-10-12-17(13-11-15)25-6-2/h10-13,16H,5-9,14H2,1-4H3,(H,21,23). The van der Waals surface area contributed by atoms with Crippen molar-refractivity contribution in [2.24, 2.45) is 5.41 Å². The molecule has 0 aromatic heterocycles. The number of hydrogen-bond donors (Lipinski definition) is 1. The van der Waals surface area contributed by atoms with Gasteiger partial charge < -0.3 is 15.0 Å². The first-order valence-electron chi connectivity index (χ1n) is 9.25. The van der Waals surface area contributed by atoms with Crippen LogP contribution in [-0.2, 0) is 9.59 Å². The number of benzene rings is 1. The van der Waals surface area contributed by atoms with Crippen molar-refractivity contribution in [1.82, 2.24) is 4.90 Å². The predicted octanol–water partition coefficient (Wildman–Crippen LogP) is 3.84. The van der Waals surface area contributed by atoms with Crippen molar-refractivity contribution in [1.29, 1.82) is 0 Å². The number of rotatable bonds is 6. The van der Waals surface area contributed by atoms with Crippen LogP contribution >= 0.6 is 0 Å². The van der Waals surface area contributed by atoms with Crippen LogP contribution in [0.3, 0.4) is 0 Å². The summed E-state index contributed by atoms with van der Waals surface area (Å²) in [7, 11) is 0. The molecule has 1 unspecified atom stereocenters. The number of nitrogens with one attached hydrogen (secondary N) is 1. The van der Waals surface area contributed by atoms with Crippen molar-refractivity contribution >= 4 is 17.5 Å². The van der Waals surface area contributed by atoms with Gasteiger partial charge >= 0.3 is 0 Å². The number of anilines is 1. The normalized spacial score (nSPS) is 17.9. The van der Waals surface area contributed by atoms with Crippen LogP contribution in [0.25, 0.3) is 0 Å². The first-order valence-corrected chi connectivity index (χ1v) is 9.25. The van der Waals surface area contributed by atoms with E-state index >= 15 is 0 Å². The van der Waals surface area contributed by atoms with E-state index in [1.807, 2.05) is 24.0 Å². The molecule has 5 nitrogen and oxygen atoms in total.